The first-order valence-electron chi connectivity index (χ1n) is 10.7. The number of carbonyl (C=O) groups is 4. The molecule has 3 amide bonds. The molecule has 180 valence electrons. The van der Waals surface area contributed by atoms with Gasteiger partial charge in [-0.1, -0.05) is 42.3 Å². The molecule has 0 unspecified atom stereocenters. The minimum absolute atomic E-state index is 0.0122. The molecule has 35 heavy (non-hydrogen) atoms. The molecule has 1 saturated heterocycles. The summed E-state index contributed by atoms with van der Waals surface area (Å²) >= 11 is 12.2. The number of hydrazine groups is 1. The summed E-state index contributed by atoms with van der Waals surface area (Å²) in [6.45, 7) is 1.15. The van der Waals surface area contributed by atoms with Gasteiger partial charge in [-0.15, -0.1) is 0 Å². The molecule has 2 aliphatic rings. The monoisotopic (exact) mass is 515 g/mol. The molecular weight excluding hydrogens is 497 g/mol. The number of ketones is 1. The zero-order chi connectivity index (χ0) is 25.4. The van der Waals surface area contributed by atoms with Crippen LogP contribution in [0.2, 0.25) is 10.0 Å². The van der Waals surface area contributed by atoms with Crippen LogP contribution in [0.5, 0.6) is 0 Å². The molecule has 0 spiro atoms. The standard InChI is InChI=1S/C24H19Cl2N3O6/c1-13-3-2-4-18-21(13)24(33)28(23(18)32)27(22(31)17-10-7-15(25)11-19(17)26)12-20(30)14-5-8-16(9-6-14)29(34)35/h2-3,5-11,13,18,21H,4,12H2,1H3/t13-,18-,21+/m0/s1. The summed E-state index contributed by atoms with van der Waals surface area (Å²) < 4.78 is 0. The second-order valence-corrected chi connectivity index (χ2v) is 9.20. The Morgan fingerprint density at radius 1 is 1.11 bits per heavy atom. The lowest BCUT2D eigenvalue weighted by Gasteiger charge is -2.30. The Labute approximate surface area is 210 Å². The highest BCUT2D eigenvalue weighted by molar-refractivity contribution is 6.36. The van der Waals surface area contributed by atoms with Crippen LogP contribution in [0.3, 0.4) is 0 Å². The lowest BCUT2D eigenvalue weighted by Crippen LogP contribution is -2.52. The smallest absolute Gasteiger partial charge is 0.274 e. The second-order valence-electron chi connectivity index (χ2n) is 8.36. The van der Waals surface area contributed by atoms with Gasteiger partial charge in [-0.25, -0.2) is 5.01 Å². The Morgan fingerprint density at radius 3 is 2.40 bits per heavy atom. The van der Waals surface area contributed by atoms with Crippen LogP contribution in [0.25, 0.3) is 0 Å². The summed E-state index contributed by atoms with van der Waals surface area (Å²) in [6.07, 6.45) is 4.01. The van der Waals surface area contributed by atoms with E-state index in [4.69, 9.17) is 23.2 Å². The quantitative estimate of drug-likeness (QED) is 0.185. The molecule has 0 N–H and O–H groups in total. The molecule has 2 aromatic rings. The number of nitrogens with zero attached hydrogens (tertiary/aromatic N) is 3. The van der Waals surface area contributed by atoms with Gasteiger partial charge in [0.2, 0.25) is 0 Å². The number of allylic oxidation sites excluding steroid dienone is 2. The van der Waals surface area contributed by atoms with E-state index in [0.717, 1.165) is 22.2 Å². The minimum Gasteiger partial charge on any atom is -0.292 e. The average Bonchev–Trinajstić information content (AvgIpc) is 3.08. The van der Waals surface area contributed by atoms with Crippen molar-refractivity contribution in [2.75, 3.05) is 6.54 Å². The number of hydrogen-bond donors (Lipinski definition) is 0. The maximum absolute atomic E-state index is 13.5. The van der Waals surface area contributed by atoms with Gasteiger partial charge in [-0.3, -0.25) is 29.3 Å². The largest absolute Gasteiger partial charge is 0.292 e. The Balaban J connectivity index is 1.71. The molecule has 11 heteroatoms. The summed E-state index contributed by atoms with van der Waals surface area (Å²) in [7, 11) is 0. The third kappa shape index (κ3) is 4.56. The first-order valence-corrected chi connectivity index (χ1v) is 11.4. The maximum atomic E-state index is 13.5. The number of nitro benzene ring substituents is 1. The number of imide groups is 1. The van der Waals surface area contributed by atoms with E-state index in [-0.39, 0.29) is 32.8 Å². The lowest BCUT2D eigenvalue weighted by atomic mass is 9.78. The topological polar surface area (TPSA) is 118 Å². The molecule has 1 aliphatic heterocycles. The summed E-state index contributed by atoms with van der Waals surface area (Å²) in [5.74, 6) is -4.14. The van der Waals surface area contributed by atoms with Crippen LogP contribution in [-0.4, -0.2) is 45.0 Å². The number of nitro groups is 1. The van der Waals surface area contributed by atoms with Crippen molar-refractivity contribution in [3.05, 3.63) is 85.9 Å². The third-order valence-corrected chi connectivity index (χ3v) is 6.73. The van der Waals surface area contributed by atoms with E-state index in [1.807, 2.05) is 19.1 Å². The molecule has 0 radical (unpaired) electrons. The van der Waals surface area contributed by atoms with Crippen LogP contribution in [0.15, 0.2) is 54.6 Å². The van der Waals surface area contributed by atoms with Gasteiger partial charge in [0.15, 0.2) is 5.78 Å². The van der Waals surface area contributed by atoms with Gasteiger partial charge in [0, 0.05) is 22.7 Å². The fourth-order valence-corrected chi connectivity index (χ4v) is 4.89. The van der Waals surface area contributed by atoms with Gasteiger partial charge in [-0.2, -0.15) is 5.01 Å². The molecule has 0 saturated carbocycles. The van der Waals surface area contributed by atoms with Crippen molar-refractivity contribution in [3.8, 4) is 0 Å². The normalized spacial score (nSPS) is 21.1. The molecule has 0 bridgehead atoms. The first kappa shape index (κ1) is 24.6. The molecule has 1 heterocycles. The van der Waals surface area contributed by atoms with Crippen LogP contribution in [0, 0.1) is 27.9 Å². The highest BCUT2D eigenvalue weighted by Gasteiger charge is 2.53. The predicted octanol–water partition coefficient (Wildman–Crippen LogP) is 4.34. The van der Waals surface area contributed by atoms with Crippen molar-refractivity contribution in [1.82, 2.24) is 10.0 Å². The van der Waals surface area contributed by atoms with E-state index >= 15 is 0 Å². The van der Waals surface area contributed by atoms with Crippen molar-refractivity contribution < 1.29 is 24.1 Å². The second kappa shape index (κ2) is 9.59. The minimum atomic E-state index is -0.831. The number of halogens is 2. The van der Waals surface area contributed by atoms with Crippen molar-refractivity contribution in [2.24, 2.45) is 17.8 Å². The van der Waals surface area contributed by atoms with Crippen molar-refractivity contribution in [2.45, 2.75) is 13.3 Å². The van der Waals surface area contributed by atoms with E-state index in [1.165, 1.54) is 30.3 Å². The van der Waals surface area contributed by atoms with E-state index < -0.39 is 46.8 Å². The van der Waals surface area contributed by atoms with Gasteiger partial charge in [0.05, 0.1) is 27.3 Å². The SMILES string of the molecule is C[C@H]1C=CC[C@@H]2C(=O)N(N(CC(=O)c3ccc([N+](=O)[O-])cc3)C(=O)c3ccc(Cl)cc3Cl)C(=O)[C@@H]21. The molecule has 1 aliphatic carbocycles. The summed E-state index contributed by atoms with van der Waals surface area (Å²) in [4.78, 5) is 63.6. The zero-order valence-electron chi connectivity index (χ0n) is 18.4. The number of non-ortho nitro benzene ring substituents is 1. The van der Waals surface area contributed by atoms with Gasteiger partial charge in [0.25, 0.3) is 23.4 Å². The van der Waals surface area contributed by atoms with Crippen LogP contribution in [0.4, 0.5) is 5.69 Å². The Morgan fingerprint density at radius 2 is 1.80 bits per heavy atom. The van der Waals surface area contributed by atoms with Crippen LogP contribution >= 0.6 is 23.2 Å². The van der Waals surface area contributed by atoms with E-state index in [0.29, 0.717) is 6.42 Å². The Bertz CT molecular complexity index is 1280. The molecule has 0 aromatic heterocycles. The maximum Gasteiger partial charge on any atom is 0.274 e. The predicted molar refractivity (Wildman–Crippen MR) is 127 cm³/mol. The highest BCUT2D eigenvalue weighted by atomic mass is 35.5. The molecule has 2 aromatic carbocycles. The van der Waals surface area contributed by atoms with Crippen LogP contribution in [0.1, 0.15) is 34.1 Å². The number of carbonyl (C=O) groups excluding carboxylic acids is 4. The number of benzene rings is 2. The van der Waals surface area contributed by atoms with Gasteiger partial charge in [0.1, 0.15) is 6.54 Å². The van der Waals surface area contributed by atoms with Crippen LogP contribution < -0.4 is 0 Å². The molecular formula is C24H19Cl2N3O6. The summed E-state index contributed by atoms with van der Waals surface area (Å²) in [6, 6.07) is 8.92. The van der Waals surface area contributed by atoms with E-state index in [2.05, 4.69) is 0 Å². The van der Waals surface area contributed by atoms with Crippen molar-refractivity contribution >= 4 is 52.4 Å². The first-order chi connectivity index (χ1) is 16.6. The summed E-state index contributed by atoms with van der Waals surface area (Å²) in [5.41, 5.74) is -0.186. The van der Waals surface area contributed by atoms with Crippen molar-refractivity contribution in [3.63, 3.8) is 0 Å². The fraction of sp³-hybridized carbons (Fsp3) is 0.250. The number of amides is 3. The Kier molecular flexibility index (Phi) is 6.73. The number of rotatable bonds is 6. The van der Waals surface area contributed by atoms with E-state index in [1.54, 1.807) is 0 Å². The molecule has 4 rings (SSSR count). The van der Waals surface area contributed by atoms with Crippen LogP contribution in [-0.2, 0) is 9.59 Å². The summed E-state index contributed by atoms with van der Waals surface area (Å²) in [5, 5.41) is 12.7. The molecule has 1 fully saturated rings. The fourth-order valence-electron chi connectivity index (χ4n) is 4.40. The lowest BCUT2D eigenvalue weighted by molar-refractivity contribution is -0.384. The number of fused-ring (bicyclic) bond motifs is 1. The average molecular weight is 516 g/mol. The van der Waals surface area contributed by atoms with Crippen molar-refractivity contribution in [1.29, 1.82) is 0 Å². The molecule has 9 nitrogen and oxygen atoms in total. The van der Waals surface area contributed by atoms with Gasteiger partial charge >= 0.3 is 0 Å². The number of hydrogen-bond acceptors (Lipinski definition) is 6. The highest BCUT2D eigenvalue weighted by Crippen LogP contribution is 2.39. The van der Waals surface area contributed by atoms with E-state index in [9.17, 15) is 29.3 Å². The van der Waals surface area contributed by atoms with Gasteiger partial charge in [-0.05, 0) is 42.7 Å². The Hall–Kier alpha value is -3.56. The molecule has 3 atom stereocenters. The third-order valence-electron chi connectivity index (χ3n) is 6.18. The zero-order valence-corrected chi connectivity index (χ0v) is 19.9. The number of Topliss-reactive ketones (excluding diaryl/α,β-unsaturated/α-hetero) is 1. The van der Waals surface area contributed by atoms with Gasteiger partial charge < -0.3 is 0 Å².